The molecule has 1 aromatic carbocycles. The molecule has 126 valence electrons. The first-order valence-corrected chi connectivity index (χ1v) is 11.1. The summed E-state index contributed by atoms with van der Waals surface area (Å²) in [6.45, 7) is 5.62. The molecule has 0 fully saturated rings. The van der Waals surface area contributed by atoms with E-state index in [1.54, 1.807) is 23.5 Å². The second-order valence-electron chi connectivity index (χ2n) is 5.35. The third-order valence-electron chi connectivity index (χ3n) is 3.47. The number of hydrogen-bond acceptors (Lipinski definition) is 5. The van der Waals surface area contributed by atoms with Crippen molar-refractivity contribution in [1.29, 1.82) is 0 Å². The molecule has 2 aromatic heterocycles. The smallest absolute Gasteiger partial charge is 0.263 e. The Morgan fingerprint density at radius 2 is 1.92 bits per heavy atom. The van der Waals surface area contributed by atoms with Crippen LogP contribution in [0.25, 0.3) is 10.6 Å². The van der Waals surface area contributed by atoms with Gasteiger partial charge in [-0.25, -0.2) is 13.4 Å². The first kappa shape index (κ1) is 17.6. The highest BCUT2D eigenvalue weighted by atomic mass is 79.9. The maximum absolute atomic E-state index is 12.8. The van der Waals surface area contributed by atoms with Crippen LogP contribution in [0.4, 0.5) is 5.69 Å². The van der Waals surface area contributed by atoms with Gasteiger partial charge in [0.1, 0.15) is 4.90 Å². The zero-order valence-electron chi connectivity index (χ0n) is 13.3. The van der Waals surface area contributed by atoms with E-state index in [0.717, 1.165) is 30.5 Å². The van der Waals surface area contributed by atoms with E-state index >= 15 is 0 Å². The van der Waals surface area contributed by atoms with Crippen molar-refractivity contribution in [2.24, 2.45) is 0 Å². The van der Waals surface area contributed by atoms with Gasteiger partial charge in [0.25, 0.3) is 10.0 Å². The van der Waals surface area contributed by atoms with Gasteiger partial charge in [0.15, 0.2) is 0 Å². The topological polar surface area (TPSA) is 59.1 Å². The van der Waals surface area contributed by atoms with Gasteiger partial charge < -0.3 is 0 Å². The highest BCUT2D eigenvalue weighted by molar-refractivity contribution is 9.10. The molecule has 4 nitrogen and oxygen atoms in total. The van der Waals surface area contributed by atoms with E-state index < -0.39 is 10.0 Å². The molecule has 0 aliphatic heterocycles. The number of aromatic nitrogens is 1. The molecule has 0 spiro atoms. The zero-order chi connectivity index (χ0) is 17.5. The van der Waals surface area contributed by atoms with Crippen LogP contribution in [-0.2, 0) is 10.0 Å². The molecule has 24 heavy (non-hydrogen) atoms. The Labute approximate surface area is 157 Å². The number of halogens is 1. The maximum atomic E-state index is 12.8. The summed E-state index contributed by atoms with van der Waals surface area (Å²) in [7, 11) is -3.64. The third kappa shape index (κ3) is 3.56. The van der Waals surface area contributed by atoms with Gasteiger partial charge >= 0.3 is 0 Å². The Balaban J connectivity index is 1.96. The first-order chi connectivity index (χ1) is 11.3. The number of aryl methyl sites for hydroxylation is 3. The second kappa shape index (κ2) is 6.59. The van der Waals surface area contributed by atoms with E-state index in [0.29, 0.717) is 10.6 Å². The van der Waals surface area contributed by atoms with Crippen LogP contribution >= 0.6 is 38.6 Å². The molecule has 0 saturated carbocycles. The lowest BCUT2D eigenvalue weighted by Crippen LogP contribution is -2.13. The van der Waals surface area contributed by atoms with Gasteiger partial charge in [-0.2, -0.15) is 0 Å². The molecule has 3 rings (SSSR count). The van der Waals surface area contributed by atoms with Crippen molar-refractivity contribution in [3.05, 3.63) is 49.6 Å². The van der Waals surface area contributed by atoms with Gasteiger partial charge in [-0.1, -0.05) is 15.9 Å². The van der Waals surface area contributed by atoms with Crippen LogP contribution in [0.1, 0.15) is 15.4 Å². The first-order valence-electron chi connectivity index (χ1n) is 7.08. The predicted octanol–water partition coefficient (Wildman–Crippen LogP) is 5.36. The highest BCUT2D eigenvalue weighted by Gasteiger charge is 2.22. The van der Waals surface area contributed by atoms with Crippen molar-refractivity contribution in [2.75, 3.05) is 4.72 Å². The van der Waals surface area contributed by atoms with Gasteiger partial charge in [0.05, 0.1) is 21.3 Å². The molecule has 2 heterocycles. The molecule has 1 N–H and O–H groups in total. The van der Waals surface area contributed by atoms with Crippen molar-refractivity contribution in [3.63, 3.8) is 0 Å². The monoisotopic (exact) mass is 442 g/mol. The van der Waals surface area contributed by atoms with Crippen LogP contribution < -0.4 is 4.72 Å². The van der Waals surface area contributed by atoms with Crippen molar-refractivity contribution in [2.45, 2.75) is 25.7 Å². The Bertz CT molecular complexity index is 1010. The summed E-state index contributed by atoms with van der Waals surface area (Å²) < 4.78 is 29.1. The van der Waals surface area contributed by atoms with Gasteiger partial charge in [-0.15, -0.1) is 22.7 Å². The zero-order valence-corrected chi connectivity index (χ0v) is 17.3. The summed E-state index contributed by atoms with van der Waals surface area (Å²) in [5, 5.41) is 2.91. The lowest BCUT2D eigenvalue weighted by atomic mass is 10.2. The molecule has 0 radical (unpaired) electrons. The molecule has 0 saturated heterocycles. The van der Waals surface area contributed by atoms with E-state index in [9.17, 15) is 8.42 Å². The summed E-state index contributed by atoms with van der Waals surface area (Å²) in [4.78, 5) is 6.35. The summed E-state index contributed by atoms with van der Waals surface area (Å²) in [5.74, 6) is 0. The van der Waals surface area contributed by atoms with Crippen LogP contribution in [0.15, 0.2) is 39.0 Å². The van der Waals surface area contributed by atoms with Gasteiger partial charge in [0.2, 0.25) is 0 Å². The number of sulfonamides is 1. The van der Waals surface area contributed by atoms with Crippen molar-refractivity contribution in [3.8, 4) is 10.6 Å². The number of thiophene rings is 1. The number of anilines is 1. The SMILES string of the molecule is Cc1nc(-c2cc(S(=O)(=O)Nc3ccc(Br)cc3C)c(C)s2)cs1. The number of nitrogens with zero attached hydrogens (tertiary/aromatic N) is 1. The van der Waals surface area contributed by atoms with Crippen LogP contribution in [0.2, 0.25) is 0 Å². The van der Waals surface area contributed by atoms with Gasteiger partial charge in [-0.05, 0) is 50.6 Å². The average Bonchev–Trinajstić information content (AvgIpc) is 3.08. The quantitative estimate of drug-likeness (QED) is 0.591. The van der Waals surface area contributed by atoms with Crippen molar-refractivity contribution >= 4 is 54.3 Å². The molecule has 0 amide bonds. The normalized spacial score (nSPS) is 11.7. The molecule has 0 aliphatic carbocycles. The number of hydrogen-bond donors (Lipinski definition) is 1. The number of rotatable bonds is 4. The Kier molecular flexibility index (Phi) is 4.83. The summed E-state index contributed by atoms with van der Waals surface area (Å²) in [5.41, 5.74) is 2.26. The summed E-state index contributed by atoms with van der Waals surface area (Å²) >= 11 is 6.38. The van der Waals surface area contributed by atoms with E-state index in [2.05, 4.69) is 25.6 Å². The van der Waals surface area contributed by atoms with E-state index in [4.69, 9.17) is 0 Å². The summed E-state index contributed by atoms with van der Waals surface area (Å²) in [6.07, 6.45) is 0. The number of thiazole rings is 1. The predicted molar refractivity (Wildman–Crippen MR) is 105 cm³/mol. The largest absolute Gasteiger partial charge is 0.279 e. The Morgan fingerprint density at radius 1 is 1.17 bits per heavy atom. The molecule has 0 unspecified atom stereocenters. The highest BCUT2D eigenvalue weighted by Crippen LogP contribution is 2.35. The van der Waals surface area contributed by atoms with Gasteiger partial charge in [-0.3, -0.25) is 4.72 Å². The van der Waals surface area contributed by atoms with Crippen LogP contribution in [0.5, 0.6) is 0 Å². The fourth-order valence-corrected chi connectivity index (χ4v) is 6.12. The lowest BCUT2D eigenvalue weighted by molar-refractivity contribution is 0.601. The standard InChI is InChI=1S/C16H15BrN2O2S3/c1-9-6-12(17)4-5-13(9)19-24(20,21)16-7-15(23-10(16)2)14-8-22-11(3)18-14/h4-8,19H,1-3H3. The maximum Gasteiger partial charge on any atom is 0.263 e. The van der Waals surface area contributed by atoms with E-state index in [-0.39, 0.29) is 0 Å². The van der Waals surface area contributed by atoms with Crippen LogP contribution in [0, 0.1) is 20.8 Å². The fraction of sp³-hybridized carbons (Fsp3) is 0.188. The fourth-order valence-electron chi connectivity index (χ4n) is 2.28. The third-order valence-corrected chi connectivity index (χ3v) is 7.43. The second-order valence-corrected chi connectivity index (χ2v) is 10.2. The molecule has 8 heteroatoms. The molecule has 0 bridgehead atoms. The summed E-state index contributed by atoms with van der Waals surface area (Å²) in [6, 6.07) is 7.14. The minimum atomic E-state index is -3.64. The van der Waals surface area contributed by atoms with Crippen molar-refractivity contribution < 1.29 is 8.42 Å². The average molecular weight is 443 g/mol. The van der Waals surface area contributed by atoms with Gasteiger partial charge in [0, 0.05) is 14.7 Å². The Morgan fingerprint density at radius 3 is 2.54 bits per heavy atom. The van der Waals surface area contributed by atoms with Crippen molar-refractivity contribution in [1.82, 2.24) is 4.98 Å². The molecule has 0 aliphatic rings. The Hall–Kier alpha value is -1.22. The number of benzene rings is 1. The molecule has 3 aromatic rings. The minimum absolute atomic E-state index is 0.301. The van der Waals surface area contributed by atoms with E-state index in [1.807, 2.05) is 38.3 Å². The van der Waals surface area contributed by atoms with Crippen LogP contribution in [0.3, 0.4) is 0 Å². The molecular weight excluding hydrogens is 428 g/mol. The minimum Gasteiger partial charge on any atom is -0.279 e. The number of nitrogens with one attached hydrogen (secondary N) is 1. The molecule has 0 atom stereocenters. The lowest BCUT2D eigenvalue weighted by Gasteiger charge is -2.10. The van der Waals surface area contributed by atoms with Crippen LogP contribution in [-0.4, -0.2) is 13.4 Å². The molecular formula is C16H15BrN2O2S3. The van der Waals surface area contributed by atoms with E-state index in [1.165, 1.54) is 11.3 Å².